The standard InChI is InChI=1S/C29H29FN4O/c1-20(27-18-24(30)9-12-26(27)22-5-3-2-4-6-22)35-28-17-23(19-33-29(28)31)21-7-10-25(11-8-21)34-15-13-32-14-16-34/h2-12,17-20,32H,13-16H2,1H3,(H2,31,33)/t20-/m1/s1. The van der Waals surface area contributed by atoms with Crippen molar-refractivity contribution in [2.24, 2.45) is 0 Å². The van der Waals surface area contributed by atoms with E-state index >= 15 is 0 Å². The zero-order valence-electron chi connectivity index (χ0n) is 19.7. The van der Waals surface area contributed by atoms with Crippen molar-refractivity contribution >= 4 is 11.5 Å². The minimum absolute atomic E-state index is 0.302. The van der Waals surface area contributed by atoms with Gasteiger partial charge >= 0.3 is 0 Å². The van der Waals surface area contributed by atoms with Gasteiger partial charge in [-0.15, -0.1) is 0 Å². The van der Waals surface area contributed by atoms with Crippen LogP contribution in [0.4, 0.5) is 15.9 Å². The monoisotopic (exact) mass is 468 g/mol. The zero-order chi connectivity index (χ0) is 24.2. The molecule has 1 saturated heterocycles. The fourth-order valence-electron chi connectivity index (χ4n) is 4.50. The van der Waals surface area contributed by atoms with E-state index in [9.17, 15) is 4.39 Å². The Morgan fingerprint density at radius 2 is 1.66 bits per heavy atom. The number of nitrogens with one attached hydrogen (secondary N) is 1. The number of halogens is 1. The number of nitrogen functional groups attached to an aromatic ring is 1. The molecule has 1 aromatic heterocycles. The zero-order valence-corrected chi connectivity index (χ0v) is 19.7. The normalized spacial score (nSPS) is 14.5. The maximum absolute atomic E-state index is 14.2. The smallest absolute Gasteiger partial charge is 0.166 e. The summed E-state index contributed by atoms with van der Waals surface area (Å²) in [7, 11) is 0. The molecule has 0 unspecified atom stereocenters. The summed E-state index contributed by atoms with van der Waals surface area (Å²) in [6.07, 6.45) is 1.32. The number of hydrogen-bond acceptors (Lipinski definition) is 5. The number of nitrogens with zero attached hydrogens (tertiary/aromatic N) is 2. The lowest BCUT2D eigenvalue weighted by molar-refractivity contribution is 0.228. The first-order valence-corrected chi connectivity index (χ1v) is 11.9. The second-order valence-electron chi connectivity index (χ2n) is 8.75. The van der Waals surface area contributed by atoms with Crippen molar-refractivity contribution in [1.29, 1.82) is 0 Å². The van der Waals surface area contributed by atoms with E-state index in [4.69, 9.17) is 10.5 Å². The first-order chi connectivity index (χ1) is 17.1. The number of benzene rings is 3. The molecule has 6 heteroatoms. The van der Waals surface area contributed by atoms with Crippen LogP contribution in [0.3, 0.4) is 0 Å². The van der Waals surface area contributed by atoms with Crippen molar-refractivity contribution in [2.75, 3.05) is 36.8 Å². The van der Waals surface area contributed by atoms with E-state index in [0.717, 1.165) is 54.0 Å². The molecule has 5 nitrogen and oxygen atoms in total. The number of hydrogen-bond donors (Lipinski definition) is 2. The van der Waals surface area contributed by atoms with Gasteiger partial charge in [-0.1, -0.05) is 48.5 Å². The summed E-state index contributed by atoms with van der Waals surface area (Å²) in [5.41, 5.74) is 12.0. The molecular formula is C29H29FN4O. The predicted molar refractivity (Wildman–Crippen MR) is 140 cm³/mol. The summed E-state index contributed by atoms with van der Waals surface area (Å²) in [6.45, 7) is 5.91. The van der Waals surface area contributed by atoms with E-state index in [2.05, 4.69) is 39.5 Å². The molecule has 35 heavy (non-hydrogen) atoms. The first kappa shape index (κ1) is 22.9. The highest BCUT2D eigenvalue weighted by molar-refractivity contribution is 5.70. The van der Waals surface area contributed by atoms with Gasteiger partial charge < -0.3 is 20.7 Å². The number of anilines is 2. The largest absolute Gasteiger partial charge is 0.482 e. The topological polar surface area (TPSA) is 63.4 Å². The van der Waals surface area contributed by atoms with Crippen LogP contribution in [-0.4, -0.2) is 31.2 Å². The second kappa shape index (κ2) is 10.2. The average molecular weight is 469 g/mol. The van der Waals surface area contributed by atoms with E-state index in [-0.39, 0.29) is 5.82 Å². The SMILES string of the molecule is C[C@@H](Oc1cc(-c2ccc(N3CCNCC3)cc2)cnc1N)c1cc(F)ccc1-c1ccccc1. The Labute approximate surface area is 205 Å². The van der Waals surface area contributed by atoms with Gasteiger partial charge in [-0.3, -0.25) is 0 Å². The summed E-state index contributed by atoms with van der Waals surface area (Å²) in [4.78, 5) is 6.75. The van der Waals surface area contributed by atoms with Crippen molar-refractivity contribution in [3.8, 4) is 28.0 Å². The highest BCUT2D eigenvalue weighted by Gasteiger charge is 2.17. The van der Waals surface area contributed by atoms with E-state index in [1.165, 1.54) is 17.8 Å². The third-order valence-corrected chi connectivity index (χ3v) is 6.40. The molecule has 0 radical (unpaired) electrons. The fourth-order valence-corrected chi connectivity index (χ4v) is 4.50. The van der Waals surface area contributed by atoms with Crippen LogP contribution in [0.15, 0.2) is 85.1 Å². The Bertz CT molecular complexity index is 1290. The van der Waals surface area contributed by atoms with Gasteiger partial charge in [-0.2, -0.15) is 0 Å². The lowest BCUT2D eigenvalue weighted by Crippen LogP contribution is -2.43. The van der Waals surface area contributed by atoms with Gasteiger partial charge in [-0.05, 0) is 53.9 Å². The molecule has 0 aliphatic carbocycles. The molecule has 3 N–H and O–H groups in total. The number of ether oxygens (including phenoxy) is 1. The van der Waals surface area contributed by atoms with Crippen LogP contribution < -0.4 is 20.7 Å². The molecule has 0 spiro atoms. The molecule has 0 bridgehead atoms. The molecule has 1 aliphatic rings. The predicted octanol–water partition coefficient (Wildman–Crippen LogP) is 5.69. The molecule has 1 aliphatic heterocycles. The minimum atomic E-state index is -0.435. The summed E-state index contributed by atoms with van der Waals surface area (Å²) >= 11 is 0. The van der Waals surface area contributed by atoms with Crippen LogP contribution in [0.2, 0.25) is 0 Å². The Hall–Kier alpha value is -3.90. The number of rotatable bonds is 6. The Kier molecular flexibility index (Phi) is 6.64. The van der Waals surface area contributed by atoms with Crippen molar-refractivity contribution < 1.29 is 9.13 Å². The average Bonchev–Trinajstić information content (AvgIpc) is 2.91. The highest BCUT2D eigenvalue weighted by atomic mass is 19.1. The van der Waals surface area contributed by atoms with E-state index in [1.807, 2.05) is 43.3 Å². The molecule has 3 aromatic carbocycles. The van der Waals surface area contributed by atoms with Gasteiger partial charge in [0.05, 0.1) is 0 Å². The molecule has 5 rings (SSSR count). The van der Waals surface area contributed by atoms with Gasteiger partial charge in [0.25, 0.3) is 0 Å². The van der Waals surface area contributed by atoms with Crippen molar-refractivity contribution in [1.82, 2.24) is 10.3 Å². The number of aromatic nitrogens is 1. The number of pyridine rings is 1. The number of piperazine rings is 1. The van der Waals surface area contributed by atoms with Gasteiger partial charge in [0.1, 0.15) is 11.9 Å². The Morgan fingerprint density at radius 3 is 2.40 bits per heavy atom. The molecule has 4 aromatic rings. The van der Waals surface area contributed by atoms with Crippen LogP contribution >= 0.6 is 0 Å². The van der Waals surface area contributed by atoms with Gasteiger partial charge in [0, 0.05) is 49.2 Å². The van der Waals surface area contributed by atoms with Crippen LogP contribution in [0.25, 0.3) is 22.3 Å². The quantitative estimate of drug-likeness (QED) is 0.381. The molecule has 178 valence electrons. The summed E-state index contributed by atoms with van der Waals surface area (Å²) in [6, 6.07) is 25.1. The molecule has 0 saturated carbocycles. The third-order valence-electron chi connectivity index (χ3n) is 6.40. The van der Waals surface area contributed by atoms with Crippen LogP contribution in [0.5, 0.6) is 5.75 Å². The molecule has 1 atom stereocenters. The Balaban J connectivity index is 1.40. The van der Waals surface area contributed by atoms with Crippen LogP contribution in [0.1, 0.15) is 18.6 Å². The lowest BCUT2D eigenvalue weighted by Gasteiger charge is -2.29. The van der Waals surface area contributed by atoms with Gasteiger partial charge in [-0.25, -0.2) is 9.37 Å². The minimum Gasteiger partial charge on any atom is -0.482 e. The third kappa shape index (κ3) is 5.12. The summed E-state index contributed by atoms with van der Waals surface area (Å²) in [5, 5.41) is 3.38. The number of nitrogens with two attached hydrogens (primary N) is 1. The van der Waals surface area contributed by atoms with Crippen LogP contribution in [-0.2, 0) is 0 Å². The van der Waals surface area contributed by atoms with Gasteiger partial charge in [0.2, 0.25) is 0 Å². The van der Waals surface area contributed by atoms with Crippen LogP contribution in [0, 0.1) is 5.82 Å². The fraction of sp³-hybridized carbons (Fsp3) is 0.207. The van der Waals surface area contributed by atoms with Crippen molar-refractivity contribution in [3.05, 3.63) is 96.4 Å². The molecule has 2 heterocycles. The lowest BCUT2D eigenvalue weighted by atomic mass is 9.96. The maximum atomic E-state index is 14.2. The van der Waals surface area contributed by atoms with E-state index in [1.54, 1.807) is 12.3 Å². The van der Waals surface area contributed by atoms with E-state index in [0.29, 0.717) is 11.6 Å². The summed E-state index contributed by atoms with van der Waals surface area (Å²) in [5.74, 6) is 0.472. The molecule has 1 fully saturated rings. The Morgan fingerprint density at radius 1 is 0.914 bits per heavy atom. The maximum Gasteiger partial charge on any atom is 0.166 e. The molecular weight excluding hydrogens is 439 g/mol. The summed E-state index contributed by atoms with van der Waals surface area (Å²) < 4.78 is 20.5. The van der Waals surface area contributed by atoms with Crippen molar-refractivity contribution in [2.45, 2.75) is 13.0 Å². The highest BCUT2D eigenvalue weighted by Crippen LogP contribution is 2.35. The van der Waals surface area contributed by atoms with Gasteiger partial charge in [0.15, 0.2) is 11.6 Å². The second-order valence-corrected chi connectivity index (χ2v) is 8.75. The molecule has 0 amide bonds. The first-order valence-electron chi connectivity index (χ1n) is 11.9. The van der Waals surface area contributed by atoms with E-state index < -0.39 is 6.10 Å². The van der Waals surface area contributed by atoms with Crippen molar-refractivity contribution in [3.63, 3.8) is 0 Å².